The van der Waals surface area contributed by atoms with Crippen LogP contribution < -0.4 is 15.8 Å². The number of aliphatic imine (C=N–C) groups is 1. The quantitative estimate of drug-likeness (QED) is 0.217. The van der Waals surface area contributed by atoms with Crippen LogP contribution >= 0.6 is 24.0 Å². The van der Waals surface area contributed by atoms with Gasteiger partial charge in [0.2, 0.25) is 0 Å². The van der Waals surface area contributed by atoms with Crippen LogP contribution in [0, 0.1) is 0 Å². The van der Waals surface area contributed by atoms with Gasteiger partial charge in [0.15, 0.2) is 12.6 Å². The van der Waals surface area contributed by atoms with Gasteiger partial charge in [-0.3, -0.25) is 9.79 Å². The van der Waals surface area contributed by atoms with Gasteiger partial charge in [-0.15, -0.1) is 24.0 Å². The highest BCUT2D eigenvalue weighted by molar-refractivity contribution is 14.0. The molecule has 8 nitrogen and oxygen atoms in total. The minimum absolute atomic E-state index is 0. The molecule has 0 spiro atoms. The summed E-state index contributed by atoms with van der Waals surface area (Å²) in [7, 11) is 3.74. The molecule has 1 aromatic heterocycles. The average Bonchev–Trinajstić information content (AvgIpc) is 3.25. The van der Waals surface area contributed by atoms with Crippen LogP contribution in [-0.4, -0.2) is 54.0 Å². The molecule has 0 unspecified atom stereocenters. The number of guanidine groups is 1. The van der Waals surface area contributed by atoms with Crippen molar-refractivity contribution < 1.29 is 9.53 Å². The van der Waals surface area contributed by atoms with Crippen LogP contribution in [0.4, 0.5) is 0 Å². The lowest BCUT2D eigenvalue weighted by molar-refractivity contribution is -0.119. The van der Waals surface area contributed by atoms with Crippen LogP contribution in [0.3, 0.4) is 0 Å². The van der Waals surface area contributed by atoms with Crippen LogP contribution in [-0.2, 0) is 17.8 Å². The second kappa shape index (κ2) is 12.7. The Balaban J connectivity index is 0.00000363. The second-order valence-corrected chi connectivity index (χ2v) is 7.09. The molecule has 0 fully saturated rings. The third-order valence-corrected chi connectivity index (χ3v) is 4.67. The van der Waals surface area contributed by atoms with E-state index in [1.165, 1.54) is 0 Å². The molecule has 0 aliphatic rings. The first-order chi connectivity index (χ1) is 15.0. The number of primary amides is 1. The number of imidazole rings is 1. The Morgan fingerprint density at radius 3 is 2.56 bits per heavy atom. The fraction of sp³-hybridized carbons (Fsp3) is 0.261. The molecule has 0 saturated carbocycles. The van der Waals surface area contributed by atoms with E-state index in [9.17, 15) is 4.79 Å². The van der Waals surface area contributed by atoms with Gasteiger partial charge >= 0.3 is 0 Å². The highest BCUT2D eigenvalue weighted by atomic mass is 127. The summed E-state index contributed by atoms with van der Waals surface area (Å²) in [6.07, 6.45) is 2.67. The number of H-pyrrole nitrogens is 1. The maximum absolute atomic E-state index is 10.8. The number of carbonyl (C=O) groups excluding carboxylic acids is 1. The molecule has 3 rings (SSSR count). The van der Waals surface area contributed by atoms with E-state index in [1.54, 1.807) is 7.05 Å². The Morgan fingerprint density at radius 2 is 1.91 bits per heavy atom. The fourth-order valence-corrected chi connectivity index (χ4v) is 3.12. The lowest BCUT2D eigenvalue weighted by atomic mass is 10.1. The first-order valence-corrected chi connectivity index (χ1v) is 10.1. The zero-order chi connectivity index (χ0) is 22.1. The molecule has 2 aromatic carbocycles. The number of rotatable bonds is 9. The molecular weight excluding hydrogens is 519 g/mol. The topological polar surface area (TPSA) is 109 Å². The number of nitrogens with two attached hydrogens (primary N) is 1. The Hall–Kier alpha value is -3.08. The normalized spacial score (nSPS) is 10.9. The Bertz CT molecular complexity index is 1000. The number of amides is 1. The van der Waals surface area contributed by atoms with E-state index in [-0.39, 0.29) is 30.6 Å². The van der Waals surface area contributed by atoms with Crippen LogP contribution in [0.25, 0.3) is 11.3 Å². The van der Waals surface area contributed by atoms with Crippen LogP contribution in [0.1, 0.15) is 11.4 Å². The predicted molar refractivity (Wildman–Crippen MR) is 137 cm³/mol. The summed E-state index contributed by atoms with van der Waals surface area (Å²) in [5.41, 5.74) is 8.34. The number of halogens is 1. The molecule has 0 aliphatic heterocycles. The molecule has 1 amide bonds. The van der Waals surface area contributed by atoms with Crippen molar-refractivity contribution in [2.45, 2.75) is 13.0 Å². The van der Waals surface area contributed by atoms with Gasteiger partial charge in [0, 0.05) is 20.6 Å². The van der Waals surface area contributed by atoms with Crippen LogP contribution in [0.2, 0.25) is 0 Å². The first kappa shape index (κ1) is 25.2. The Morgan fingerprint density at radius 1 is 1.19 bits per heavy atom. The average molecular weight is 548 g/mol. The zero-order valence-electron chi connectivity index (χ0n) is 18.2. The number of ether oxygens (including phenoxy) is 1. The summed E-state index contributed by atoms with van der Waals surface area (Å²) in [6.45, 7) is 1.22. The SMILES string of the molecule is CN=C(NCCc1ccc(OCC(N)=O)cc1)N(C)Cc1ncc(-c2ccccc2)[nH]1.I. The number of aromatic nitrogens is 2. The van der Waals surface area contributed by atoms with E-state index in [1.807, 2.05) is 60.6 Å². The summed E-state index contributed by atoms with van der Waals surface area (Å²) in [5, 5.41) is 3.37. The van der Waals surface area contributed by atoms with Gasteiger partial charge in [-0.05, 0) is 29.7 Å². The third-order valence-electron chi connectivity index (χ3n) is 4.67. The highest BCUT2D eigenvalue weighted by Crippen LogP contribution is 2.16. The largest absolute Gasteiger partial charge is 0.484 e. The molecule has 0 radical (unpaired) electrons. The van der Waals surface area contributed by atoms with E-state index >= 15 is 0 Å². The summed E-state index contributed by atoms with van der Waals surface area (Å²) in [4.78, 5) is 25.0. The van der Waals surface area contributed by atoms with Gasteiger partial charge in [0.25, 0.3) is 5.91 Å². The number of hydrogen-bond acceptors (Lipinski definition) is 4. The maximum Gasteiger partial charge on any atom is 0.255 e. The molecule has 0 bridgehead atoms. The van der Waals surface area contributed by atoms with Crippen molar-refractivity contribution in [3.05, 3.63) is 72.2 Å². The van der Waals surface area contributed by atoms with Crippen molar-refractivity contribution in [3.8, 4) is 17.0 Å². The lowest BCUT2D eigenvalue weighted by Crippen LogP contribution is -2.39. The predicted octanol–water partition coefficient (Wildman–Crippen LogP) is 2.81. The van der Waals surface area contributed by atoms with Crippen LogP contribution in [0.5, 0.6) is 5.75 Å². The van der Waals surface area contributed by atoms with Crippen molar-refractivity contribution in [2.75, 3.05) is 27.2 Å². The lowest BCUT2D eigenvalue weighted by Gasteiger charge is -2.21. The standard InChI is InChI=1S/C23H28N6O2.HI/c1-25-23(26-13-12-17-8-10-19(11-9-17)31-16-21(24)30)29(2)15-22-27-14-20(28-22)18-6-4-3-5-7-18;/h3-11,14H,12-13,15-16H2,1-2H3,(H2,24,30)(H,25,26)(H,27,28);1H. The number of nitrogens with zero attached hydrogens (tertiary/aromatic N) is 3. The van der Waals surface area contributed by atoms with E-state index in [4.69, 9.17) is 10.5 Å². The van der Waals surface area contributed by atoms with Crippen molar-refractivity contribution in [3.63, 3.8) is 0 Å². The van der Waals surface area contributed by atoms with Gasteiger partial charge in [-0.25, -0.2) is 4.98 Å². The zero-order valence-corrected chi connectivity index (χ0v) is 20.6. The molecule has 170 valence electrons. The van der Waals surface area contributed by atoms with Crippen molar-refractivity contribution >= 4 is 35.8 Å². The van der Waals surface area contributed by atoms with Crippen molar-refractivity contribution in [2.24, 2.45) is 10.7 Å². The molecule has 0 aliphatic carbocycles. The number of carbonyl (C=O) groups is 1. The highest BCUT2D eigenvalue weighted by Gasteiger charge is 2.10. The first-order valence-electron chi connectivity index (χ1n) is 10.1. The minimum Gasteiger partial charge on any atom is -0.484 e. The number of nitrogens with one attached hydrogen (secondary N) is 2. The molecule has 9 heteroatoms. The second-order valence-electron chi connectivity index (χ2n) is 7.09. The molecule has 1 heterocycles. The van der Waals surface area contributed by atoms with Gasteiger partial charge < -0.3 is 25.7 Å². The van der Waals surface area contributed by atoms with Crippen LogP contribution in [0.15, 0.2) is 65.8 Å². The van der Waals surface area contributed by atoms with E-state index in [0.717, 1.165) is 41.6 Å². The van der Waals surface area contributed by atoms with Crippen molar-refractivity contribution in [1.82, 2.24) is 20.2 Å². The molecular formula is C23H29IN6O2. The fourth-order valence-electron chi connectivity index (χ4n) is 3.12. The van der Waals surface area contributed by atoms with E-state index in [0.29, 0.717) is 12.3 Å². The van der Waals surface area contributed by atoms with Gasteiger partial charge in [-0.1, -0.05) is 42.5 Å². The van der Waals surface area contributed by atoms with Gasteiger partial charge in [0.1, 0.15) is 11.6 Å². The summed E-state index contributed by atoms with van der Waals surface area (Å²) in [5.74, 6) is 1.80. The Labute approximate surface area is 205 Å². The molecule has 32 heavy (non-hydrogen) atoms. The molecule has 0 saturated heterocycles. The number of aromatic amines is 1. The van der Waals surface area contributed by atoms with Gasteiger partial charge in [-0.2, -0.15) is 0 Å². The number of benzene rings is 2. The third kappa shape index (κ3) is 7.56. The van der Waals surface area contributed by atoms with E-state index < -0.39 is 5.91 Å². The number of hydrogen-bond donors (Lipinski definition) is 3. The summed E-state index contributed by atoms with van der Waals surface area (Å²) in [6, 6.07) is 17.7. The maximum atomic E-state index is 10.8. The monoisotopic (exact) mass is 548 g/mol. The van der Waals surface area contributed by atoms with Crippen molar-refractivity contribution in [1.29, 1.82) is 0 Å². The molecule has 4 N–H and O–H groups in total. The minimum atomic E-state index is -0.491. The molecule has 3 aromatic rings. The summed E-state index contributed by atoms with van der Waals surface area (Å²) >= 11 is 0. The van der Waals surface area contributed by atoms with Gasteiger partial charge in [0.05, 0.1) is 18.4 Å². The van der Waals surface area contributed by atoms with E-state index in [2.05, 4.69) is 32.4 Å². The Kier molecular flexibility index (Phi) is 9.99. The summed E-state index contributed by atoms with van der Waals surface area (Å²) < 4.78 is 5.28. The molecule has 0 atom stereocenters. The smallest absolute Gasteiger partial charge is 0.255 e.